The average Bonchev–Trinajstić information content (AvgIpc) is 3.08. The summed E-state index contributed by atoms with van der Waals surface area (Å²) in [5.41, 5.74) is 3.33. The van der Waals surface area contributed by atoms with E-state index in [2.05, 4.69) is 69.0 Å². The summed E-state index contributed by atoms with van der Waals surface area (Å²) in [6.45, 7) is 8.82. The highest BCUT2D eigenvalue weighted by molar-refractivity contribution is 5.43. The first-order valence-corrected chi connectivity index (χ1v) is 9.26. The van der Waals surface area contributed by atoms with Crippen molar-refractivity contribution in [3.05, 3.63) is 47.5 Å². The third kappa shape index (κ3) is 3.83. The van der Waals surface area contributed by atoms with Gasteiger partial charge in [0.2, 0.25) is 0 Å². The fraction of sp³-hybridized carbons (Fsp3) is 0.474. The molecule has 7 heteroatoms. The summed E-state index contributed by atoms with van der Waals surface area (Å²) >= 11 is 0. The van der Waals surface area contributed by atoms with Gasteiger partial charge in [0.25, 0.3) is 0 Å². The van der Waals surface area contributed by atoms with E-state index in [0.717, 1.165) is 30.7 Å². The maximum atomic E-state index is 4.37. The van der Waals surface area contributed by atoms with Gasteiger partial charge >= 0.3 is 0 Å². The first-order chi connectivity index (χ1) is 12.7. The van der Waals surface area contributed by atoms with E-state index in [-0.39, 0.29) is 0 Å². The third-order valence-electron chi connectivity index (χ3n) is 4.99. The van der Waals surface area contributed by atoms with Crippen LogP contribution in [0.25, 0.3) is 5.65 Å². The van der Waals surface area contributed by atoms with Crippen LogP contribution in [0.4, 0.5) is 5.82 Å². The van der Waals surface area contributed by atoms with Crippen LogP contribution in [0.1, 0.15) is 31.4 Å². The van der Waals surface area contributed by atoms with E-state index in [1.807, 2.05) is 12.1 Å². The number of nitrogens with zero attached hydrogens (tertiary/aromatic N) is 6. The normalized spacial score (nSPS) is 21.2. The zero-order valence-corrected chi connectivity index (χ0v) is 15.3. The zero-order chi connectivity index (χ0) is 17.9. The lowest BCUT2D eigenvalue weighted by atomic mass is 9.91. The van der Waals surface area contributed by atoms with Gasteiger partial charge in [0.15, 0.2) is 5.65 Å². The van der Waals surface area contributed by atoms with E-state index in [0.29, 0.717) is 5.65 Å². The molecule has 1 saturated heterocycles. The Hall–Kier alpha value is -2.54. The number of hydrogen-bond acceptors (Lipinski definition) is 6. The van der Waals surface area contributed by atoms with Crippen LogP contribution in [0.15, 0.2) is 36.4 Å². The Balaban J connectivity index is 1.45. The van der Waals surface area contributed by atoms with Crippen LogP contribution < -0.4 is 5.32 Å². The van der Waals surface area contributed by atoms with Gasteiger partial charge < -0.3 is 5.32 Å². The number of anilines is 1. The van der Waals surface area contributed by atoms with E-state index in [1.165, 1.54) is 35.3 Å². The molecule has 1 N–H and O–H groups in total. The predicted molar refractivity (Wildman–Crippen MR) is 101 cm³/mol. The maximum Gasteiger partial charge on any atom is 0.200 e. The highest BCUT2D eigenvalue weighted by Gasteiger charge is 2.22. The summed E-state index contributed by atoms with van der Waals surface area (Å²) < 4.78 is 1.44. The lowest BCUT2D eigenvalue weighted by molar-refractivity contribution is 0.134. The lowest BCUT2D eigenvalue weighted by Crippen LogP contribution is -2.38. The van der Waals surface area contributed by atoms with Crippen molar-refractivity contribution in [3.8, 4) is 0 Å². The van der Waals surface area contributed by atoms with E-state index < -0.39 is 0 Å². The minimum Gasteiger partial charge on any atom is -0.364 e. The predicted octanol–water partition coefficient (Wildman–Crippen LogP) is 2.61. The smallest absolute Gasteiger partial charge is 0.200 e. The molecule has 0 saturated carbocycles. The summed E-state index contributed by atoms with van der Waals surface area (Å²) in [4.78, 5) is 2.59. The van der Waals surface area contributed by atoms with Gasteiger partial charge in [-0.25, -0.2) is 0 Å². The van der Waals surface area contributed by atoms with Crippen LogP contribution >= 0.6 is 0 Å². The monoisotopic (exact) mass is 351 g/mol. The van der Waals surface area contributed by atoms with E-state index >= 15 is 0 Å². The standard InChI is InChI=1S/C19H25N7/c1-14-9-15(2)12-25(11-14)13-17-6-4-3-5-16(17)10-20-18-7-8-19-21-23-24-26(19)22-18/h3-8,14-15H,9-13H2,1-2H3,(H,20,22). The number of fused-ring (bicyclic) bond motifs is 1. The molecule has 2 atom stereocenters. The third-order valence-corrected chi connectivity index (χ3v) is 4.99. The first-order valence-electron chi connectivity index (χ1n) is 9.26. The Morgan fingerprint density at radius 2 is 1.81 bits per heavy atom. The van der Waals surface area contributed by atoms with Crippen molar-refractivity contribution in [3.63, 3.8) is 0 Å². The van der Waals surface area contributed by atoms with Gasteiger partial charge in [-0.1, -0.05) is 38.1 Å². The van der Waals surface area contributed by atoms with E-state index in [1.54, 1.807) is 0 Å². The SMILES string of the molecule is CC1CC(C)CN(Cc2ccccc2CNc2ccc3nnnn3n2)C1. The Kier molecular flexibility index (Phi) is 4.79. The molecule has 2 aromatic heterocycles. The van der Waals surface area contributed by atoms with Gasteiger partial charge in [0, 0.05) is 26.2 Å². The summed E-state index contributed by atoms with van der Waals surface area (Å²) in [6, 6.07) is 12.4. The lowest BCUT2D eigenvalue weighted by Gasteiger charge is -2.35. The summed E-state index contributed by atoms with van der Waals surface area (Å²) in [5, 5.41) is 19.1. The van der Waals surface area contributed by atoms with Crippen molar-refractivity contribution in [2.75, 3.05) is 18.4 Å². The van der Waals surface area contributed by atoms with Gasteiger partial charge in [-0.3, -0.25) is 4.90 Å². The molecule has 0 radical (unpaired) electrons. The van der Waals surface area contributed by atoms with Gasteiger partial charge in [0.05, 0.1) is 0 Å². The fourth-order valence-electron chi connectivity index (χ4n) is 3.98. The summed E-state index contributed by atoms with van der Waals surface area (Å²) in [6.07, 6.45) is 1.34. The number of nitrogens with one attached hydrogen (secondary N) is 1. The molecule has 7 nitrogen and oxygen atoms in total. The van der Waals surface area contributed by atoms with Crippen LogP contribution in [0.2, 0.25) is 0 Å². The van der Waals surface area contributed by atoms with Crippen molar-refractivity contribution in [1.29, 1.82) is 0 Å². The second kappa shape index (κ2) is 7.37. The van der Waals surface area contributed by atoms with Crippen LogP contribution in [0.3, 0.4) is 0 Å². The molecule has 1 aliphatic rings. The van der Waals surface area contributed by atoms with Crippen LogP contribution in [0, 0.1) is 11.8 Å². The highest BCUT2D eigenvalue weighted by Crippen LogP contribution is 2.23. The van der Waals surface area contributed by atoms with Crippen molar-refractivity contribution in [1.82, 2.24) is 30.2 Å². The van der Waals surface area contributed by atoms with Gasteiger partial charge in [-0.15, -0.1) is 14.8 Å². The molecule has 26 heavy (non-hydrogen) atoms. The molecule has 0 spiro atoms. The molecule has 0 bridgehead atoms. The maximum absolute atomic E-state index is 4.37. The second-order valence-corrected chi connectivity index (χ2v) is 7.51. The summed E-state index contributed by atoms with van der Waals surface area (Å²) in [7, 11) is 0. The first kappa shape index (κ1) is 16.9. The molecule has 1 fully saturated rings. The molecule has 1 aliphatic heterocycles. The zero-order valence-electron chi connectivity index (χ0n) is 15.3. The van der Waals surface area contributed by atoms with Gasteiger partial charge in [0.1, 0.15) is 5.82 Å². The molecule has 0 aliphatic carbocycles. The quantitative estimate of drug-likeness (QED) is 0.762. The van der Waals surface area contributed by atoms with E-state index in [9.17, 15) is 0 Å². The Morgan fingerprint density at radius 3 is 2.62 bits per heavy atom. The number of piperidine rings is 1. The van der Waals surface area contributed by atoms with Crippen LogP contribution in [-0.4, -0.2) is 43.2 Å². The number of tetrazole rings is 1. The van der Waals surface area contributed by atoms with Gasteiger partial charge in [-0.2, -0.15) is 0 Å². The number of aromatic nitrogens is 5. The summed E-state index contributed by atoms with van der Waals surface area (Å²) in [5.74, 6) is 2.31. The molecule has 3 aromatic rings. The highest BCUT2D eigenvalue weighted by atomic mass is 15.6. The van der Waals surface area contributed by atoms with Crippen molar-refractivity contribution in [2.45, 2.75) is 33.4 Å². The van der Waals surface area contributed by atoms with Gasteiger partial charge in [-0.05, 0) is 51.9 Å². The minimum absolute atomic E-state index is 0.643. The largest absolute Gasteiger partial charge is 0.364 e. The molecular weight excluding hydrogens is 326 g/mol. The Bertz CT molecular complexity index is 865. The number of hydrogen-bond donors (Lipinski definition) is 1. The molecule has 3 heterocycles. The topological polar surface area (TPSA) is 71.2 Å². The molecule has 0 amide bonds. The van der Waals surface area contributed by atoms with Crippen LogP contribution in [0.5, 0.6) is 0 Å². The molecule has 136 valence electrons. The van der Waals surface area contributed by atoms with E-state index in [4.69, 9.17) is 0 Å². The molecule has 2 unspecified atom stereocenters. The molecule has 4 rings (SSSR count). The Morgan fingerprint density at radius 1 is 1.04 bits per heavy atom. The van der Waals surface area contributed by atoms with Crippen LogP contribution in [-0.2, 0) is 13.1 Å². The Labute approximate surface area is 153 Å². The second-order valence-electron chi connectivity index (χ2n) is 7.51. The van der Waals surface area contributed by atoms with Crippen molar-refractivity contribution in [2.24, 2.45) is 11.8 Å². The number of likely N-dealkylation sites (tertiary alicyclic amines) is 1. The molecular formula is C19H25N7. The number of rotatable bonds is 5. The van der Waals surface area contributed by atoms with Crippen molar-refractivity contribution >= 4 is 11.5 Å². The average molecular weight is 351 g/mol. The van der Waals surface area contributed by atoms with Crippen molar-refractivity contribution < 1.29 is 0 Å². The molecule has 1 aromatic carbocycles. The minimum atomic E-state index is 0.643. The fourth-order valence-corrected chi connectivity index (χ4v) is 3.98. The number of benzene rings is 1.